The van der Waals surface area contributed by atoms with E-state index in [4.69, 9.17) is 4.74 Å². The number of nitrogens with zero attached hydrogens (tertiary/aromatic N) is 1. The normalized spacial score (nSPS) is 30.6. The maximum absolute atomic E-state index is 11.4. The van der Waals surface area contributed by atoms with Crippen molar-refractivity contribution in [2.45, 2.75) is 19.8 Å². The van der Waals surface area contributed by atoms with E-state index < -0.39 is 0 Å². The third-order valence-electron chi connectivity index (χ3n) is 3.01. The topological polar surface area (TPSA) is 46.6 Å². The van der Waals surface area contributed by atoms with Gasteiger partial charge in [-0.2, -0.15) is 0 Å². The Bertz CT molecular complexity index is 264. The zero-order valence-corrected chi connectivity index (χ0v) is 8.36. The number of ether oxygens (including phenoxy) is 1. The summed E-state index contributed by atoms with van der Waals surface area (Å²) in [4.78, 5) is 24.5. The first-order valence-corrected chi connectivity index (χ1v) is 5.15. The van der Waals surface area contributed by atoms with Crippen LogP contribution < -0.4 is 0 Å². The van der Waals surface area contributed by atoms with Gasteiger partial charge in [0, 0.05) is 25.4 Å². The van der Waals surface area contributed by atoms with E-state index in [9.17, 15) is 9.59 Å². The number of carbonyl (C=O) groups excluding carboxylic acids is 2. The van der Waals surface area contributed by atoms with E-state index in [1.165, 1.54) is 0 Å². The number of amides is 1. The Labute approximate surface area is 83.2 Å². The predicted molar refractivity (Wildman–Crippen MR) is 49.8 cm³/mol. The predicted octanol–water partition coefficient (Wildman–Crippen LogP) is 1.05. The number of hydrogen-bond donors (Lipinski definition) is 0. The Morgan fingerprint density at radius 1 is 1.57 bits per heavy atom. The van der Waals surface area contributed by atoms with E-state index in [1.54, 1.807) is 11.8 Å². The molecule has 1 aliphatic heterocycles. The lowest BCUT2D eigenvalue weighted by molar-refractivity contribution is -0.120. The number of fused-ring (bicyclic) bond motifs is 2. The minimum absolute atomic E-state index is 0.0816. The summed E-state index contributed by atoms with van der Waals surface area (Å²) in [5.74, 6) is 0.783. The second-order valence-corrected chi connectivity index (χ2v) is 4.07. The SMILES string of the molecule is CCOC(=O)N1C[C@H]2CC(=O)[C@@H](C2)C1. The second kappa shape index (κ2) is 3.59. The van der Waals surface area contributed by atoms with Crippen LogP contribution in [0.25, 0.3) is 0 Å². The van der Waals surface area contributed by atoms with Gasteiger partial charge >= 0.3 is 6.09 Å². The first-order chi connectivity index (χ1) is 6.70. The molecule has 1 heterocycles. The molecule has 2 aliphatic rings. The number of piperidine rings is 1. The van der Waals surface area contributed by atoms with Gasteiger partial charge in [-0.1, -0.05) is 0 Å². The summed E-state index contributed by atoms with van der Waals surface area (Å²) < 4.78 is 4.92. The van der Waals surface area contributed by atoms with Gasteiger partial charge in [0.1, 0.15) is 5.78 Å². The molecule has 4 heteroatoms. The van der Waals surface area contributed by atoms with E-state index in [0.29, 0.717) is 37.8 Å². The lowest BCUT2D eigenvalue weighted by atomic mass is 9.99. The van der Waals surface area contributed by atoms with Crippen LogP contribution >= 0.6 is 0 Å². The van der Waals surface area contributed by atoms with E-state index in [0.717, 1.165) is 6.42 Å². The van der Waals surface area contributed by atoms with Crippen LogP contribution in [-0.4, -0.2) is 36.5 Å². The number of rotatable bonds is 1. The van der Waals surface area contributed by atoms with Crippen LogP contribution in [0.4, 0.5) is 4.79 Å². The van der Waals surface area contributed by atoms with Crippen LogP contribution in [0.2, 0.25) is 0 Å². The second-order valence-electron chi connectivity index (χ2n) is 4.07. The third kappa shape index (κ3) is 1.61. The van der Waals surface area contributed by atoms with Gasteiger partial charge in [-0.3, -0.25) is 4.79 Å². The highest BCUT2D eigenvalue weighted by Crippen LogP contribution is 2.33. The van der Waals surface area contributed by atoms with E-state index in [-0.39, 0.29) is 12.0 Å². The fourth-order valence-electron chi connectivity index (χ4n) is 2.40. The molecular weight excluding hydrogens is 182 g/mol. The summed E-state index contributed by atoms with van der Waals surface area (Å²) in [6.45, 7) is 3.45. The molecule has 0 aromatic carbocycles. The van der Waals surface area contributed by atoms with Gasteiger partial charge in [-0.05, 0) is 19.3 Å². The third-order valence-corrected chi connectivity index (χ3v) is 3.01. The van der Waals surface area contributed by atoms with Gasteiger partial charge in [-0.15, -0.1) is 0 Å². The Morgan fingerprint density at radius 3 is 3.00 bits per heavy atom. The molecule has 2 rings (SSSR count). The summed E-state index contributed by atoms with van der Waals surface area (Å²) in [6.07, 6.45) is 1.35. The van der Waals surface area contributed by atoms with Crippen molar-refractivity contribution in [3.63, 3.8) is 0 Å². The first-order valence-electron chi connectivity index (χ1n) is 5.15. The molecule has 1 aliphatic carbocycles. The molecule has 0 aromatic rings. The van der Waals surface area contributed by atoms with Crippen molar-refractivity contribution in [3.8, 4) is 0 Å². The summed E-state index contributed by atoms with van der Waals surface area (Å²) in [5.41, 5.74) is 0. The smallest absolute Gasteiger partial charge is 0.409 e. The van der Waals surface area contributed by atoms with Crippen LogP contribution in [0.15, 0.2) is 0 Å². The first kappa shape index (κ1) is 9.49. The van der Waals surface area contributed by atoms with Crippen LogP contribution in [0.3, 0.4) is 0 Å². The van der Waals surface area contributed by atoms with Crippen molar-refractivity contribution in [2.75, 3.05) is 19.7 Å². The number of ketones is 1. The molecule has 0 N–H and O–H groups in total. The molecule has 2 bridgehead atoms. The molecule has 14 heavy (non-hydrogen) atoms. The standard InChI is InChI=1S/C10H15NO3/c1-2-14-10(13)11-5-7-3-8(6-11)9(12)4-7/h7-8H,2-6H2,1H3/t7-,8+/m1/s1. The number of Topliss-reactive ketones (excluding diaryl/α,β-unsaturated/α-hetero) is 1. The van der Waals surface area contributed by atoms with Crippen molar-refractivity contribution in [1.29, 1.82) is 0 Å². The largest absolute Gasteiger partial charge is 0.450 e. The van der Waals surface area contributed by atoms with Crippen molar-refractivity contribution >= 4 is 11.9 Å². The minimum Gasteiger partial charge on any atom is -0.450 e. The molecule has 1 saturated heterocycles. The van der Waals surface area contributed by atoms with Crippen LogP contribution in [0.1, 0.15) is 19.8 Å². The summed E-state index contributed by atoms with van der Waals surface area (Å²) in [6, 6.07) is 0. The number of carbonyl (C=O) groups is 2. The Hall–Kier alpha value is -1.06. The summed E-state index contributed by atoms with van der Waals surface area (Å²) in [5, 5.41) is 0. The van der Waals surface area contributed by atoms with E-state index in [2.05, 4.69) is 0 Å². The van der Waals surface area contributed by atoms with Gasteiger partial charge in [0.2, 0.25) is 0 Å². The van der Waals surface area contributed by atoms with Crippen molar-refractivity contribution < 1.29 is 14.3 Å². The quantitative estimate of drug-likeness (QED) is 0.631. The Kier molecular flexibility index (Phi) is 2.44. The van der Waals surface area contributed by atoms with Gasteiger partial charge in [0.15, 0.2) is 0 Å². The molecule has 2 fully saturated rings. The van der Waals surface area contributed by atoms with Crippen molar-refractivity contribution in [2.24, 2.45) is 11.8 Å². The molecule has 2 atom stereocenters. The van der Waals surface area contributed by atoms with Gasteiger partial charge < -0.3 is 9.64 Å². The highest BCUT2D eigenvalue weighted by molar-refractivity contribution is 5.85. The molecule has 1 saturated carbocycles. The molecular formula is C10H15NO3. The average molecular weight is 197 g/mol. The molecule has 0 aromatic heterocycles. The maximum atomic E-state index is 11.4. The molecule has 0 spiro atoms. The molecule has 78 valence electrons. The van der Waals surface area contributed by atoms with Gasteiger partial charge in [0.05, 0.1) is 6.61 Å². The number of hydrogen-bond acceptors (Lipinski definition) is 3. The minimum atomic E-state index is -0.267. The van der Waals surface area contributed by atoms with E-state index in [1.807, 2.05) is 0 Å². The monoisotopic (exact) mass is 197 g/mol. The average Bonchev–Trinajstić information content (AvgIpc) is 2.41. The van der Waals surface area contributed by atoms with Crippen LogP contribution in [0, 0.1) is 11.8 Å². The maximum Gasteiger partial charge on any atom is 0.409 e. The van der Waals surface area contributed by atoms with Crippen molar-refractivity contribution in [1.82, 2.24) is 4.90 Å². The highest BCUT2D eigenvalue weighted by atomic mass is 16.6. The number of likely N-dealkylation sites (tertiary alicyclic amines) is 1. The summed E-state index contributed by atoms with van der Waals surface area (Å²) in [7, 11) is 0. The fourth-order valence-corrected chi connectivity index (χ4v) is 2.40. The molecule has 1 amide bonds. The van der Waals surface area contributed by atoms with Gasteiger partial charge in [0.25, 0.3) is 0 Å². The Balaban J connectivity index is 1.98. The highest BCUT2D eigenvalue weighted by Gasteiger charge is 2.40. The molecule has 0 unspecified atom stereocenters. The fraction of sp³-hybridized carbons (Fsp3) is 0.800. The molecule has 4 nitrogen and oxygen atoms in total. The lowest BCUT2D eigenvalue weighted by Crippen LogP contribution is -2.41. The molecule has 0 radical (unpaired) electrons. The van der Waals surface area contributed by atoms with Crippen molar-refractivity contribution in [3.05, 3.63) is 0 Å². The summed E-state index contributed by atoms with van der Waals surface area (Å²) >= 11 is 0. The Morgan fingerprint density at radius 2 is 2.36 bits per heavy atom. The zero-order chi connectivity index (χ0) is 10.1. The van der Waals surface area contributed by atoms with Crippen LogP contribution in [0.5, 0.6) is 0 Å². The lowest BCUT2D eigenvalue weighted by Gasteiger charge is -2.29. The van der Waals surface area contributed by atoms with E-state index >= 15 is 0 Å². The van der Waals surface area contributed by atoms with Gasteiger partial charge in [-0.25, -0.2) is 4.79 Å². The zero-order valence-electron chi connectivity index (χ0n) is 8.36. The van der Waals surface area contributed by atoms with Crippen LogP contribution in [-0.2, 0) is 9.53 Å².